The Bertz CT molecular complexity index is 702. The summed E-state index contributed by atoms with van der Waals surface area (Å²) in [7, 11) is 0. The van der Waals surface area contributed by atoms with Crippen LogP contribution in [0.5, 0.6) is 0 Å². The number of carbonyl (C=O) groups is 1. The van der Waals surface area contributed by atoms with Gasteiger partial charge in [-0.2, -0.15) is 0 Å². The lowest BCUT2D eigenvalue weighted by Crippen LogP contribution is -2.40. The third kappa shape index (κ3) is 4.58. The van der Waals surface area contributed by atoms with Gasteiger partial charge in [0, 0.05) is 42.3 Å². The van der Waals surface area contributed by atoms with Gasteiger partial charge in [0.05, 0.1) is 0 Å². The van der Waals surface area contributed by atoms with Gasteiger partial charge in [0.25, 0.3) is 0 Å². The van der Waals surface area contributed by atoms with Gasteiger partial charge in [-0.1, -0.05) is 29.8 Å². The van der Waals surface area contributed by atoms with Gasteiger partial charge < -0.3 is 10.2 Å². The largest absolute Gasteiger partial charge is 0.352 e. The molecule has 0 saturated carbocycles. The zero-order valence-electron chi connectivity index (χ0n) is 13.3. The van der Waals surface area contributed by atoms with Crippen LogP contribution in [-0.4, -0.2) is 30.5 Å². The molecule has 0 aliphatic carbocycles. The third-order valence-electron chi connectivity index (χ3n) is 4.09. The van der Waals surface area contributed by atoms with Crippen LogP contribution in [-0.2, 0) is 4.79 Å². The molecule has 1 unspecified atom stereocenters. The molecule has 1 atom stereocenters. The van der Waals surface area contributed by atoms with Crippen molar-refractivity contribution in [3.63, 3.8) is 0 Å². The van der Waals surface area contributed by atoms with Gasteiger partial charge in [0.1, 0.15) is 0 Å². The molecule has 2 aromatic rings. The van der Waals surface area contributed by atoms with E-state index in [1.807, 2.05) is 35.8 Å². The first-order valence-corrected chi connectivity index (χ1v) is 9.33. The monoisotopic (exact) mass is 361 g/mol. The summed E-state index contributed by atoms with van der Waals surface area (Å²) in [4.78, 5) is 18.7. The summed E-state index contributed by atoms with van der Waals surface area (Å²) in [5, 5.41) is 6.72. The van der Waals surface area contributed by atoms with Crippen molar-refractivity contribution in [1.82, 2.24) is 10.3 Å². The van der Waals surface area contributed by atoms with E-state index in [4.69, 9.17) is 11.6 Å². The Balaban J connectivity index is 1.48. The molecule has 1 N–H and O–H groups in total. The van der Waals surface area contributed by atoms with E-state index in [1.54, 1.807) is 23.5 Å². The number of amides is 1. The van der Waals surface area contributed by atoms with E-state index in [0.717, 1.165) is 36.6 Å². The predicted octanol–water partition coefficient (Wildman–Crippen LogP) is 3.84. The van der Waals surface area contributed by atoms with E-state index in [-0.39, 0.29) is 5.91 Å². The van der Waals surface area contributed by atoms with Gasteiger partial charge in [-0.3, -0.25) is 4.79 Å². The fourth-order valence-electron chi connectivity index (χ4n) is 2.86. The number of nitrogens with one attached hydrogen (secondary N) is 1. The Kier molecular flexibility index (Phi) is 5.88. The van der Waals surface area contributed by atoms with E-state index in [2.05, 4.69) is 15.2 Å². The number of hydrogen-bond acceptors (Lipinski definition) is 4. The molecule has 0 spiro atoms. The summed E-state index contributed by atoms with van der Waals surface area (Å²) in [6, 6.07) is 7.48. The van der Waals surface area contributed by atoms with E-state index >= 15 is 0 Å². The van der Waals surface area contributed by atoms with Gasteiger partial charge in [-0.15, -0.1) is 11.3 Å². The summed E-state index contributed by atoms with van der Waals surface area (Å²) in [6.45, 7) is 2.68. The van der Waals surface area contributed by atoms with Crippen molar-refractivity contribution in [2.75, 3.05) is 24.5 Å². The zero-order chi connectivity index (χ0) is 16.8. The molecule has 3 rings (SSSR count). The van der Waals surface area contributed by atoms with Crippen LogP contribution in [0.15, 0.2) is 41.9 Å². The van der Waals surface area contributed by atoms with Gasteiger partial charge in [0.2, 0.25) is 5.91 Å². The van der Waals surface area contributed by atoms with Crippen LogP contribution in [0.25, 0.3) is 6.08 Å². The normalized spacial score (nSPS) is 18.0. The smallest absolute Gasteiger partial charge is 0.244 e. The Morgan fingerprint density at radius 1 is 1.46 bits per heavy atom. The molecule has 6 heteroatoms. The highest BCUT2D eigenvalue weighted by atomic mass is 35.5. The molecule has 2 heterocycles. The first-order valence-electron chi connectivity index (χ1n) is 8.07. The summed E-state index contributed by atoms with van der Waals surface area (Å²) in [5.41, 5.74) is 0.849. The molecule has 24 heavy (non-hydrogen) atoms. The second-order valence-corrected chi connectivity index (χ2v) is 7.15. The van der Waals surface area contributed by atoms with Crippen LogP contribution in [0.4, 0.5) is 5.13 Å². The molecule has 1 fully saturated rings. The number of hydrogen-bond donors (Lipinski definition) is 1. The average Bonchev–Trinajstić information content (AvgIpc) is 3.14. The highest BCUT2D eigenvalue weighted by Crippen LogP contribution is 2.24. The quantitative estimate of drug-likeness (QED) is 0.823. The molecule has 0 radical (unpaired) electrons. The van der Waals surface area contributed by atoms with Crippen LogP contribution >= 0.6 is 22.9 Å². The van der Waals surface area contributed by atoms with Gasteiger partial charge in [0.15, 0.2) is 5.13 Å². The van der Waals surface area contributed by atoms with Crippen LogP contribution in [0.2, 0.25) is 5.02 Å². The lowest BCUT2D eigenvalue weighted by atomic mass is 9.98. The number of nitrogens with zero attached hydrogens (tertiary/aromatic N) is 2. The van der Waals surface area contributed by atoms with Crippen LogP contribution in [0.3, 0.4) is 0 Å². The van der Waals surface area contributed by atoms with Gasteiger partial charge >= 0.3 is 0 Å². The molecular weight excluding hydrogens is 342 g/mol. The van der Waals surface area contributed by atoms with Crippen molar-refractivity contribution in [3.05, 3.63) is 52.5 Å². The molecule has 1 aliphatic heterocycles. The van der Waals surface area contributed by atoms with Crippen molar-refractivity contribution in [1.29, 1.82) is 0 Å². The maximum Gasteiger partial charge on any atom is 0.244 e. The number of piperidine rings is 1. The molecule has 1 amide bonds. The second kappa shape index (κ2) is 8.31. The number of anilines is 1. The fourth-order valence-corrected chi connectivity index (χ4v) is 3.74. The van der Waals surface area contributed by atoms with Crippen molar-refractivity contribution >= 4 is 40.1 Å². The number of halogens is 1. The summed E-state index contributed by atoms with van der Waals surface area (Å²) >= 11 is 7.74. The lowest BCUT2D eigenvalue weighted by molar-refractivity contribution is -0.116. The van der Waals surface area contributed by atoms with Crippen LogP contribution < -0.4 is 10.2 Å². The van der Waals surface area contributed by atoms with E-state index in [9.17, 15) is 4.79 Å². The van der Waals surface area contributed by atoms with Gasteiger partial charge in [-0.05, 0) is 36.5 Å². The van der Waals surface area contributed by atoms with Crippen molar-refractivity contribution < 1.29 is 4.79 Å². The van der Waals surface area contributed by atoms with Gasteiger partial charge in [-0.25, -0.2) is 4.98 Å². The predicted molar refractivity (Wildman–Crippen MR) is 101 cm³/mol. The Labute approximate surface area is 151 Å². The number of rotatable bonds is 5. The Morgan fingerprint density at radius 3 is 3.12 bits per heavy atom. The topological polar surface area (TPSA) is 45.2 Å². The molecule has 1 aliphatic rings. The summed E-state index contributed by atoms with van der Waals surface area (Å²) < 4.78 is 0. The Morgan fingerprint density at radius 2 is 2.33 bits per heavy atom. The van der Waals surface area contributed by atoms with E-state index in [1.165, 1.54) is 0 Å². The lowest BCUT2D eigenvalue weighted by Gasteiger charge is -2.32. The van der Waals surface area contributed by atoms with Crippen molar-refractivity contribution in [2.24, 2.45) is 5.92 Å². The summed E-state index contributed by atoms with van der Waals surface area (Å²) in [6.07, 6.45) is 7.40. The van der Waals surface area contributed by atoms with Crippen molar-refractivity contribution in [2.45, 2.75) is 12.8 Å². The molecular formula is C18H20ClN3OS. The maximum absolute atomic E-state index is 12.0. The SMILES string of the molecule is O=C(/C=C/c1ccccc1Cl)NCC1CCCN(c2nccs2)C1. The number of thiazole rings is 1. The maximum atomic E-state index is 12.0. The first-order chi connectivity index (χ1) is 11.7. The second-order valence-electron chi connectivity index (χ2n) is 5.87. The number of aromatic nitrogens is 1. The minimum absolute atomic E-state index is 0.0821. The average molecular weight is 362 g/mol. The standard InChI is InChI=1S/C18H20ClN3OS/c19-16-6-2-1-5-15(16)7-8-17(23)21-12-14-4-3-10-22(13-14)18-20-9-11-24-18/h1-2,5-9,11,14H,3-4,10,12-13H2,(H,21,23)/b8-7+. The fraction of sp³-hybridized carbons (Fsp3) is 0.333. The van der Waals surface area contributed by atoms with Crippen LogP contribution in [0, 0.1) is 5.92 Å². The van der Waals surface area contributed by atoms with E-state index < -0.39 is 0 Å². The van der Waals surface area contributed by atoms with Crippen LogP contribution in [0.1, 0.15) is 18.4 Å². The highest BCUT2D eigenvalue weighted by Gasteiger charge is 2.21. The minimum atomic E-state index is -0.0821. The third-order valence-corrected chi connectivity index (χ3v) is 5.27. The Hall–Kier alpha value is -1.85. The highest BCUT2D eigenvalue weighted by molar-refractivity contribution is 7.13. The zero-order valence-corrected chi connectivity index (χ0v) is 14.9. The number of carbonyl (C=O) groups excluding carboxylic acids is 1. The molecule has 1 aromatic carbocycles. The minimum Gasteiger partial charge on any atom is -0.352 e. The molecule has 0 bridgehead atoms. The molecule has 1 aromatic heterocycles. The molecule has 4 nitrogen and oxygen atoms in total. The van der Waals surface area contributed by atoms with E-state index in [0.29, 0.717) is 17.5 Å². The van der Waals surface area contributed by atoms with Crippen molar-refractivity contribution in [3.8, 4) is 0 Å². The first kappa shape index (κ1) is 17.0. The number of benzene rings is 1. The molecule has 126 valence electrons. The molecule has 1 saturated heterocycles. The summed E-state index contributed by atoms with van der Waals surface area (Å²) in [5.74, 6) is 0.376.